The molecule has 4 rings (SSSR count). The van der Waals surface area contributed by atoms with E-state index in [9.17, 15) is 23.2 Å². The van der Waals surface area contributed by atoms with Gasteiger partial charge in [-0.2, -0.15) is 0 Å². The maximum absolute atomic E-state index is 13.9. The molecule has 1 saturated heterocycles. The van der Waals surface area contributed by atoms with Gasteiger partial charge >= 0.3 is 12.1 Å². The summed E-state index contributed by atoms with van der Waals surface area (Å²) >= 11 is 0. The number of aliphatic carboxylic acids is 1. The molecule has 2 N–H and O–H groups in total. The van der Waals surface area contributed by atoms with E-state index in [1.807, 2.05) is 48.5 Å². The van der Waals surface area contributed by atoms with Gasteiger partial charge in [-0.25, -0.2) is 13.6 Å². The molecule has 34 heavy (non-hydrogen) atoms. The lowest BCUT2D eigenvalue weighted by Gasteiger charge is -2.22. The molecule has 9 heteroatoms. The van der Waals surface area contributed by atoms with Gasteiger partial charge < -0.3 is 20.1 Å². The third kappa shape index (κ3) is 4.47. The van der Waals surface area contributed by atoms with Crippen LogP contribution in [0.15, 0.2) is 48.5 Å². The Labute approximate surface area is 195 Å². The summed E-state index contributed by atoms with van der Waals surface area (Å²) < 4.78 is 33.3. The predicted octanol–water partition coefficient (Wildman–Crippen LogP) is 3.73. The highest BCUT2D eigenvalue weighted by atomic mass is 19.3. The maximum atomic E-state index is 13.9. The molecule has 0 bridgehead atoms. The number of nitrogens with one attached hydrogen (secondary N) is 1. The number of fused-ring (bicyclic) bond motifs is 3. The van der Waals surface area contributed by atoms with Crippen LogP contribution in [0.4, 0.5) is 13.6 Å². The lowest BCUT2D eigenvalue weighted by molar-refractivity contribution is -0.151. The zero-order valence-electron chi connectivity index (χ0n) is 18.7. The van der Waals surface area contributed by atoms with E-state index < -0.39 is 48.8 Å². The van der Waals surface area contributed by atoms with Crippen LogP contribution in [0.2, 0.25) is 0 Å². The molecule has 7 nitrogen and oxygen atoms in total. The summed E-state index contributed by atoms with van der Waals surface area (Å²) in [5.41, 5.74) is 4.35. The van der Waals surface area contributed by atoms with Crippen molar-refractivity contribution < 1.29 is 33.0 Å². The largest absolute Gasteiger partial charge is 0.481 e. The van der Waals surface area contributed by atoms with Crippen molar-refractivity contribution in [3.05, 3.63) is 59.7 Å². The van der Waals surface area contributed by atoms with Gasteiger partial charge in [-0.1, -0.05) is 55.5 Å². The van der Waals surface area contributed by atoms with Gasteiger partial charge in [-0.3, -0.25) is 9.59 Å². The molecule has 0 spiro atoms. The van der Waals surface area contributed by atoms with Crippen LogP contribution in [0.1, 0.15) is 30.4 Å². The van der Waals surface area contributed by atoms with Crippen LogP contribution in [0.5, 0.6) is 0 Å². The number of carboxylic acids is 1. The molecular formula is C25H26F2N2O5. The molecule has 180 valence electrons. The third-order valence-electron chi connectivity index (χ3n) is 6.60. The van der Waals surface area contributed by atoms with E-state index in [1.54, 1.807) is 6.92 Å². The van der Waals surface area contributed by atoms with Gasteiger partial charge in [0.15, 0.2) is 0 Å². The molecule has 1 aliphatic heterocycles. The first kappa shape index (κ1) is 23.7. The second-order valence-corrected chi connectivity index (χ2v) is 8.68. The molecule has 2 atom stereocenters. The van der Waals surface area contributed by atoms with Crippen molar-refractivity contribution >= 4 is 18.0 Å². The first-order valence-electron chi connectivity index (χ1n) is 11.2. The van der Waals surface area contributed by atoms with Gasteiger partial charge in [0, 0.05) is 19.0 Å². The fourth-order valence-electron chi connectivity index (χ4n) is 4.73. The highest BCUT2D eigenvalue weighted by Gasteiger charge is 2.53. The number of alkyl halides is 2. The van der Waals surface area contributed by atoms with Crippen molar-refractivity contribution in [2.45, 2.75) is 25.2 Å². The average Bonchev–Trinajstić information content (AvgIpc) is 3.32. The summed E-state index contributed by atoms with van der Waals surface area (Å²) in [6.45, 7) is 0.229. The van der Waals surface area contributed by atoms with Crippen LogP contribution in [-0.2, 0) is 14.3 Å². The van der Waals surface area contributed by atoms with Crippen molar-refractivity contribution in [2.75, 3.05) is 26.2 Å². The van der Waals surface area contributed by atoms with Crippen molar-refractivity contribution in [1.82, 2.24) is 10.2 Å². The molecule has 2 aliphatic rings. The Morgan fingerprint density at radius 2 is 1.71 bits per heavy atom. The first-order valence-corrected chi connectivity index (χ1v) is 11.2. The molecule has 1 aliphatic carbocycles. The van der Waals surface area contributed by atoms with E-state index in [4.69, 9.17) is 9.84 Å². The number of nitrogens with zero attached hydrogens (tertiary/aromatic N) is 1. The lowest BCUT2D eigenvalue weighted by atomic mass is 9.98. The lowest BCUT2D eigenvalue weighted by Crippen LogP contribution is -2.41. The Kier molecular flexibility index (Phi) is 6.54. The quantitative estimate of drug-likeness (QED) is 0.640. The second-order valence-electron chi connectivity index (χ2n) is 8.68. The number of halogens is 2. The minimum atomic E-state index is -3.49. The van der Waals surface area contributed by atoms with E-state index >= 15 is 0 Å². The van der Waals surface area contributed by atoms with Crippen molar-refractivity contribution in [1.29, 1.82) is 0 Å². The van der Waals surface area contributed by atoms with Crippen LogP contribution >= 0.6 is 0 Å². The minimum absolute atomic E-state index is 0.0915. The van der Waals surface area contributed by atoms with E-state index in [0.717, 1.165) is 27.2 Å². The fraction of sp³-hybridized carbons (Fsp3) is 0.400. The van der Waals surface area contributed by atoms with Gasteiger partial charge in [0.1, 0.15) is 12.5 Å². The topological polar surface area (TPSA) is 95.9 Å². The van der Waals surface area contributed by atoms with Gasteiger partial charge in [0.25, 0.3) is 5.92 Å². The van der Waals surface area contributed by atoms with Gasteiger partial charge in [-0.15, -0.1) is 0 Å². The Bertz CT molecular complexity index is 1060. The molecule has 2 aromatic carbocycles. The number of carboxylic acid groups (broad SMARTS) is 1. The monoisotopic (exact) mass is 472 g/mol. The summed E-state index contributed by atoms with van der Waals surface area (Å²) in [5.74, 6) is -8.52. The highest BCUT2D eigenvalue weighted by Crippen LogP contribution is 2.44. The molecule has 2 aromatic rings. The minimum Gasteiger partial charge on any atom is -0.481 e. The van der Waals surface area contributed by atoms with E-state index in [2.05, 4.69) is 5.32 Å². The van der Waals surface area contributed by atoms with E-state index in [0.29, 0.717) is 6.42 Å². The van der Waals surface area contributed by atoms with Gasteiger partial charge in [0.05, 0.1) is 12.5 Å². The molecule has 1 heterocycles. The normalized spacial score (nSPS) is 19.3. The number of ether oxygens (including phenoxy) is 1. The van der Waals surface area contributed by atoms with E-state index in [-0.39, 0.29) is 19.1 Å². The Balaban J connectivity index is 1.33. The van der Waals surface area contributed by atoms with Crippen molar-refractivity contribution in [3.8, 4) is 11.1 Å². The predicted molar refractivity (Wildman–Crippen MR) is 120 cm³/mol. The number of rotatable bonds is 7. The highest BCUT2D eigenvalue weighted by molar-refractivity contribution is 5.82. The number of amides is 2. The summed E-state index contributed by atoms with van der Waals surface area (Å²) in [7, 11) is 0. The number of hydrogen-bond acceptors (Lipinski definition) is 4. The third-order valence-corrected chi connectivity index (χ3v) is 6.60. The van der Waals surface area contributed by atoms with Crippen LogP contribution in [-0.4, -0.2) is 60.1 Å². The second kappa shape index (κ2) is 9.40. The summed E-state index contributed by atoms with van der Waals surface area (Å²) in [6, 6.07) is 15.9. The maximum Gasteiger partial charge on any atom is 0.407 e. The number of likely N-dealkylation sites (tertiary alicyclic amines) is 1. The van der Waals surface area contributed by atoms with Gasteiger partial charge in [-0.05, 0) is 28.7 Å². The molecule has 0 radical (unpaired) electrons. The molecule has 1 fully saturated rings. The fourth-order valence-corrected chi connectivity index (χ4v) is 4.73. The van der Waals surface area contributed by atoms with Crippen molar-refractivity contribution in [3.63, 3.8) is 0 Å². The molecule has 0 saturated carbocycles. The smallest absolute Gasteiger partial charge is 0.407 e. The zero-order chi connectivity index (χ0) is 24.5. The summed E-state index contributed by atoms with van der Waals surface area (Å²) in [6.07, 6.45) is -0.411. The average molecular weight is 472 g/mol. The Morgan fingerprint density at radius 1 is 1.12 bits per heavy atom. The number of benzene rings is 2. The molecular weight excluding hydrogens is 446 g/mol. The molecule has 2 amide bonds. The van der Waals surface area contributed by atoms with Gasteiger partial charge in [0.2, 0.25) is 5.91 Å². The van der Waals surface area contributed by atoms with Crippen LogP contribution in [0.3, 0.4) is 0 Å². The van der Waals surface area contributed by atoms with Crippen LogP contribution < -0.4 is 5.32 Å². The summed E-state index contributed by atoms with van der Waals surface area (Å²) in [5, 5.41) is 11.6. The molecule has 2 unspecified atom stereocenters. The number of carbonyl (C=O) groups excluding carboxylic acids is 2. The summed E-state index contributed by atoms with van der Waals surface area (Å²) in [4.78, 5) is 37.0. The Hall–Kier alpha value is -3.49. The SMILES string of the molecule is CCC(CNC(=O)OCC1c2ccccc2-c2ccccc21)C(=O)N1CC(C(=O)O)C(F)(F)C1. The van der Waals surface area contributed by atoms with Crippen molar-refractivity contribution in [2.24, 2.45) is 11.8 Å². The Morgan fingerprint density at radius 3 is 2.24 bits per heavy atom. The molecule has 0 aromatic heterocycles. The number of alkyl carbamates (subject to hydrolysis) is 1. The zero-order valence-corrected chi connectivity index (χ0v) is 18.7. The number of carbonyl (C=O) groups is 3. The number of hydrogen-bond donors (Lipinski definition) is 2. The van der Waals surface area contributed by atoms with E-state index in [1.165, 1.54) is 0 Å². The van der Waals surface area contributed by atoms with Crippen LogP contribution in [0, 0.1) is 11.8 Å². The first-order chi connectivity index (χ1) is 16.2. The standard InChI is InChI=1S/C25H26F2N2O5/c1-2-15(22(30)29-12-21(23(31)32)25(26,27)14-29)11-28-24(33)34-13-20-18-9-5-3-7-16(18)17-8-4-6-10-19(17)20/h3-10,15,20-21H,2,11-14H2,1H3,(H,28,33)(H,31,32). The van der Waals surface area contributed by atoms with Crippen LogP contribution in [0.25, 0.3) is 11.1 Å².